The van der Waals surface area contributed by atoms with Crippen molar-refractivity contribution in [3.8, 4) is 11.5 Å². The van der Waals surface area contributed by atoms with E-state index in [1.807, 2.05) is 22.6 Å². The van der Waals surface area contributed by atoms with E-state index in [1.54, 1.807) is 29.2 Å². The number of hydrogen-bond donors (Lipinski definition) is 3. The van der Waals surface area contributed by atoms with Gasteiger partial charge < -0.3 is 29.9 Å². The number of amides is 2. The first-order valence-corrected chi connectivity index (χ1v) is 16.0. The summed E-state index contributed by atoms with van der Waals surface area (Å²) in [6.07, 6.45) is 4.38. The molecule has 232 valence electrons. The number of hydrogen-bond acceptors (Lipinski definition) is 7. The Bertz CT molecular complexity index is 1370. The Balaban J connectivity index is 1.73. The highest BCUT2D eigenvalue weighted by atomic mass is 127. The van der Waals surface area contributed by atoms with Gasteiger partial charge in [0, 0.05) is 47.1 Å². The molecule has 0 heterocycles. The molecule has 12 heteroatoms. The number of nitrogens with zero attached hydrogens (tertiary/aromatic N) is 1. The second-order valence-electron chi connectivity index (χ2n) is 10.8. The van der Waals surface area contributed by atoms with Gasteiger partial charge in [0.2, 0.25) is 11.8 Å². The molecular formula is C31H35Cl2IN2O7. The number of nitrogens with one attached hydrogen (secondary N) is 1. The number of halogens is 3. The Hall–Kier alpha value is -2.38. The van der Waals surface area contributed by atoms with Crippen LogP contribution in [0.1, 0.15) is 54.4 Å². The summed E-state index contributed by atoms with van der Waals surface area (Å²) in [5.74, 6) is 0.221. The minimum atomic E-state index is -1.24. The van der Waals surface area contributed by atoms with E-state index in [0.717, 1.165) is 25.7 Å². The topological polar surface area (TPSA) is 125 Å². The molecule has 3 N–H and O–H groups in total. The van der Waals surface area contributed by atoms with Crippen molar-refractivity contribution in [2.45, 2.75) is 63.3 Å². The SMILES string of the molecule is COc1cc(C=O)cc(I)c1OC1C=C(C(=O)NCCO)CC(N(Cc2ccc(Cl)cc2Cl)C(=O)CC2CCCC2)C1O. The largest absolute Gasteiger partial charge is 0.493 e. The fraction of sp³-hybridized carbons (Fsp3) is 0.452. The second kappa shape index (κ2) is 15.6. The number of carbonyl (C=O) groups is 3. The first kappa shape index (κ1) is 33.5. The molecule has 2 aromatic carbocycles. The van der Waals surface area contributed by atoms with Crippen molar-refractivity contribution >= 4 is 63.9 Å². The average molecular weight is 745 g/mol. The van der Waals surface area contributed by atoms with Gasteiger partial charge in [0.1, 0.15) is 18.5 Å². The summed E-state index contributed by atoms with van der Waals surface area (Å²) in [6.45, 7) is -0.112. The highest BCUT2D eigenvalue weighted by Gasteiger charge is 2.41. The van der Waals surface area contributed by atoms with E-state index in [9.17, 15) is 24.6 Å². The number of aldehydes is 1. The Kier molecular flexibility index (Phi) is 12.1. The molecule has 2 aromatic rings. The molecule has 4 rings (SSSR count). The van der Waals surface area contributed by atoms with Gasteiger partial charge in [0.05, 0.1) is 23.3 Å². The number of carbonyl (C=O) groups excluding carboxylic acids is 3. The normalized spacial score (nSPS) is 20.3. The Morgan fingerprint density at radius 3 is 2.58 bits per heavy atom. The third kappa shape index (κ3) is 8.42. The molecule has 0 saturated heterocycles. The molecule has 2 aliphatic rings. The number of ether oxygens (including phenoxy) is 2. The minimum absolute atomic E-state index is 0.0402. The smallest absolute Gasteiger partial charge is 0.247 e. The van der Waals surface area contributed by atoms with Gasteiger partial charge in [0.25, 0.3) is 0 Å². The second-order valence-corrected chi connectivity index (χ2v) is 12.8. The van der Waals surface area contributed by atoms with Crippen LogP contribution in [0.3, 0.4) is 0 Å². The Morgan fingerprint density at radius 2 is 1.93 bits per heavy atom. The van der Waals surface area contributed by atoms with Crippen molar-refractivity contribution in [3.05, 3.63) is 66.7 Å². The van der Waals surface area contributed by atoms with Gasteiger partial charge in [-0.1, -0.05) is 42.1 Å². The lowest BCUT2D eigenvalue weighted by Gasteiger charge is -2.41. The predicted molar refractivity (Wildman–Crippen MR) is 172 cm³/mol. The maximum absolute atomic E-state index is 14.0. The van der Waals surface area contributed by atoms with E-state index in [-0.39, 0.29) is 49.4 Å². The minimum Gasteiger partial charge on any atom is -0.493 e. The maximum atomic E-state index is 14.0. The summed E-state index contributed by atoms with van der Waals surface area (Å²) in [7, 11) is 1.44. The molecule has 0 radical (unpaired) electrons. The monoisotopic (exact) mass is 744 g/mol. The number of methoxy groups -OCH3 is 1. The lowest BCUT2D eigenvalue weighted by molar-refractivity contribution is -0.140. The van der Waals surface area contributed by atoms with Crippen LogP contribution in [0.5, 0.6) is 11.5 Å². The average Bonchev–Trinajstić information content (AvgIpc) is 3.50. The number of aliphatic hydroxyl groups is 2. The van der Waals surface area contributed by atoms with Crippen LogP contribution in [0.15, 0.2) is 42.0 Å². The van der Waals surface area contributed by atoms with E-state index >= 15 is 0 Å². The van der Waals surface area contributed by atoms with Crippen LogP contribution >= 0.6 is 45.8 Å². The standard InChI is InChI=1S/C31H35Cl2IN2O7/c1-42-27-11-19(17-38)10-24(34)30(27)43-26-14-21(31(41)35-8-9-37)13-25(29(26)40)36(28(39)12-18-4-2-3-5-18)16-20-6-7-22(32)15-23(20)33/h6-7,10-11,14-15,17-18,25-26,29,37,40H,2-5,8-9,12-13,16H2,1H3,(H,35,41). The molecule has 9 nitrogen and oxygen atoms in total. The van der Waals surface area contributed by atoms with Crippen LogP contribution < -0.4 is 14.8 Å². The van der Waals surface area contributed by atoms with E-state index < -0.39 is 24.2 Å². The molecule has 0 spiro atoms. The first-order chi connectivity index (χ1) is 20.6. The molecule has 3 unspecified atom stereocenters. The number of aliphatic hydroxyl groups excluding tert-OH is 2. The molecule has 0 aromatic heterocycles. The van der Waals surface area contributed by atoms with E-state index in [4.69, 9.17) is 32.7 Å². The van der Waals surface area contributed by atoms with Crippen LogP contribution in [0, 0.1) is 9.49 Å². The molecule has 43 heavy (non-hydrogen) atoms. The summed E-state index contributed by atoms with van der Waals surface area (Å²) in [4.78, 5) is 40.1. The lowest BCUT2D eigenvalue weighted by Crippen LogP contribution is -2.55. The molecule has 1 saturated carbocycles. The van der Waals surface area contributed by atoms with Crippen molar-refractivity contribution in [1.82, 2.24) is 10.2 Å². The van der Waals surface area contributed by atoms with Gasteiger partial charge in [-0.05, 0) is 77.3 Å². The van der Waals surface area contributed by atoms with Crippen molar-refractivity contribution in [2.24, 2.45) is 5.92 Å². The Morgan fingerprint density at radius 1 is 1.19 bits per heavy atom. The van der Waals surface area contributed by atoms with Crippen LogP contribution in [-0.2, 0) is 16.1 Å². The molecule has 1 fully saturated rings. The third-order valence-corrected chi connectivity index (χ3v) is 9.26. The van der Waals surface area contributed by atoms with Gasteiger partial charge >= 0.3 is 0 Å². The summed E-state index contributed by atoms with van der Waals surface area (Å²) in [5, 5.41) is 24.6. The zero-order chi connectivity index (χ0) is 31.1. The molecule has 0 bridgehead atoms. The molecule has 2 amide bonds. The van der Waals surface area contributed by atoms with Gasteiger partial charge in [0.15, 0.2) is 11.5 Å². The summed E-state index contributed by atoms with van der Waals surface area (Å²) in [6, 6.07) is 7.34. The maximum Gasteiger partial charge on any atom is 0.247 e. The zero-order valence-electron chi connectivity index (χ0n) is 23.7. The van der Waals surface area contributed by atoms with Crippen LogP contribution in [0.2, 0.25) is 10.0 Å². The van der Waals surface area contributed by atoms with Gasteiger partial charge in [-0.3, -0.25) is 14.4 Å². The molecule has 3 atom stereocenters. The molecule has 2 aliphatic carbocycles. The van der Waals surface area contributed by atoms with Gasteiger partial charge in [-0.25, -0.2) is 0 Å². The van der Waals surface area contributed by atoms with Gasteiger partial charge in [-0.2, -0.15) is 0 Å². The fourth-order valence-corrected chi connectivity index (χ4v) is 6.86. The molecule has 0 aliphatic heterocycles. The highest BCUT2D eigenvalue weighted by Crippen LogP contribution is 2.38. The van der Waals surface area contributed by atoms with E-state index in [2.05, 4.69) is 5.32 Å². The van der Waals surface area contributed by atoms with E-state index in [1.165, 1.54) is 19.3 Å². The van der Waals surface area contributed by atoms with Crippen molar-refractivity contribution in [2.75, 3.05) is 20.3 Å². The zero-order valence-corrected chi connectivity index (χ0v) is 27.4. The van der Waals surface area contributed by atoms with Crippen LogP contribution in [-0.4, -0.2) is 71.7 Å². The van der Waals surface area contributed by atoms with Gasteiger partial charge in [-0.15, -0.1) is 0 Å². The van der Waals surface area contributed by atoms with Crippen LogP contribution in [0.4, 0.5) is 0 Å². The van der Waals surface area contributed by atoms with Crippen LogP contribution in [0.25, 0.3) is 0 Å². The quantitative estimate of drug-likeness (QED) is 0.208. The van der Waals surface area contributed by atoms with E-state index in [0.29, 0.717) is 43.0 Å². The third-order valence-electron chi connectivity index (χ3n) is 7.87. The van der Waals surface area contributed by atoms with Crippen molar-refractivity contribution in [1.29, 1.82) is 0 Å². The van der Waals surface area contributed by atoms with Crippen molar-refractivity contribution < 1.29 is 34.1 Å². The van der Waals surface area contributed by atoms with Crippen molar-refractivity contribution in [3.63, 3.8) is 0 Å². The Labute approximate surface area is 274 Å². The highest BCUT2D eigenvalue weighted by molar-refractivity contribution is 14.1. The summed E-state index contributed by atoms with van der Waals surface area (Å²) in [5.41, 5.74) is 1.34. The summed E-state index contributed by atoms with van der Waals surface area (Å²) < 4.78 is 12.3. The summed E-state index contributed by atoms with van der Waals surface area (Å²) >= 11 is 14.7. The lowest BCUT2D eigenvalue weighted by atomic mass is 9.87. The molecular weight excluding hydrogens is 710 g/mol. The first-order valence-electron chi connectivity index (χ1n) is 14.2. The fourth-order valence-electron chi connectivity index (χ4n) is 5.64. The number of benzene rings is 2. The number of rotatable bonds is 12. The predicted octanol–water partition coefficient (Wildman–Crippen LogP) is 4.94.